The monoisotopic (exact) mass is 318 g/mol. The van der Waals surface area contributed by atoms with E-state index in [0.717, 1.165) is 17.3 Å². The number of benzene rings is 2. The van der Waals surface area contributed by atoms with Crippen LogP contribution in [0.2, 0.25) is 0 Å². The third-order valence-corrected chi connectivity index (χ3v) is 4.24. The fourth-order valence-electron chi connectivity index (χ4n) is 2.19. The maximum Gasteiger partial charge on any atom is 0.0463 e. The first kappa shape index (κ1) is 14.3. The highest BCUT2D eigenvalue weighted by Crippen LogP contribution is 2.23. The molecule has 0 aliphatic carbocycles. The van der Waals surface area contributed by atoms with E-state index in [2.05, 4.69) is 70.7 Å². The van der Waals surface area contributed by atoms with Gasteiger partial charge in [0.05, 0.1) is 0 Å². The van der Waals surface area contributed by atoms with Gasteiger partial charge >= 0.3 is 0 Å². The molecule has 19 heavy (non-hydrogen) atoms. The van der Waals surface area contributed by atoms with Gasteiger partial charge in [0.15, 0.2) is 0 Å². The Morgan fingerprint density at radius 3 is 2.53 bits per heavy atom. The highest BCUT2D eigenvalue weighted by molar-refractivity contribution is 9.10. The molecule has 2 aromatic rings. The van der Waals surface area contributed by atoms with Crippen molar-refractivity contribution in [2.24, 2.45) is 5.84 Å². The molecule has 0 radical (unpaired) electrons. The van der Waals surface area contributed by atoms with E-state index in [1.807, 2.05) is 6.07 Å². The molecule has 2 rings (SSSR count). The number of rotatable bonds is 5. The van der Waals surface area contributed by atoms with E-state index < -0.39 is 0 Å². The summed E-state index contributed by atoms with van der Waals surface area (Å²) in [5.74, 6) is 5.70. The Kier molecular flexibility index (Phi) is 5.14. The molecule has 0 amide bonds. The van der Waals surface area contributed by atoms with Crippen molar-refractivity contribution in [1.29, 1.82) is 0 Å². The van der Waals surface area contributed by atoms with E-state index in [9.17, 15) is 0 Å². The lowest BCUT2D eigenvalue weighted by Gasteiger charge is -2.17. The van der Waals surface area contributed by atoms with E-state index in [0.29, 0.717) is 0 Å². The summed E-state index contributed by atoms with van der Waals surface area (Å²) in [5.41, 5.74) is 6.73. The van der Waals surface area contributed by atoms with Crippen molar-refractivity contribution in [3.63, 3.8) is 0 Å². The van der Waals surface area contributed by atoms with Gasteiger partial charge in [0.1, 0.15) is 0 Å². The van der Waals surface area contributed by atoms with Crippen molar-refractivity contribution in [2.45, 2.75) is 25.8 Å². The molecule has 2 aromatic carbocycles. The van der Waals surface area contributed by atoms with Crippen molar-refractivity contribution < 1.29 is 0 Å². The first-order valence-electron chi connectivity index (χ1n) is 6.47. The molecule has 0 aromatic heterocycles. The second-order valence-corrected chi connectivity index (χ2v) is 5.61. The van der Waals surface area contributed by atoms with Gasteiger partial charge in [-0.3, -0.25) is 11.3 Å². The van der Waals surface area contributed by atoms with Gasteiger partial charge in [-0.15, -0.1) is 0 Å². The van der Waals surface area contributed by atoms with Gasteiger partial charge in [-0.1, -0.05) is 58.4 Å². The van der Waals surface area contributed by atoms with Gasteiger partial charge in [-0.25, -0.2) is 0 Å². The van der Waals surface area contributed by atoms with Crippen LogP contribution in [0.25, 0.3) is 0 Å². The number of nitrogens with one attached hydrogen (secondary N) is 1. The molecule has 1 atom stereocenters. The first-order valence-corrected chi connectivity index (χ1v) is 7.26. The molecule has 2 nitrogen and oxygen atoms in total. The van der Waals surface area contributed by atoms with Gasteiger partial charge in [0.2, 0.25) is 0 Å². The van der Waals surface area contributed by atoms with Crippen molar-refractivity contribution >= 4 is 15.9 Å². The standard InChI is InChI=1S/C16H19BrN2/c1-12-11-14(8-9-15(12)17)16(19-18)10-7-13-5-3-2-4-6-13/h2-6,8-9,11,16,19H,7,10,18H2,1H3. The van der Waals surface area contributed by atoms with Crippen LogP contribution in [0.1, 0.15) is 29.2 Å². The fourth-order valence-corrected chi connectivity index (χ4v) is 2.43. The highest BCUT2D eigenvalue weighted by Gasteiger charge is 2.10. The zero-order valence-corrected chi connectivity index (χ0v) is 12.7. The molecule has 100 valence electrons. The molecule has 3 N–H and O–H groups in total. The Bertz CT molecular complexity index is 526. The van der Waals surface area contributed by atoms with E-state index in [1.165, 1.54) is 16.7 Å². The number of hydrogen-bond acceptors (Lipinski definition) is 2. The van der Waals surface area contributed by atoms with E-state index >= 15 is 0 Å². The van der Waals surface area contributed by atoms with Crippen LogP contribution in [0.4, 0.5) is 0 Å². The zero-order valence-electron chi connectivity index (χ0n) is 11.1. The van der Waals surface area contributed by atoms with E-state index in [-0.39, 0.29) is 6.04 Å². The van der Waals surface area contributed by atoms with Crippen LogP contribution in [0.3, 0.4) is 0 Å². The van der Waals surface area contributed by atoms with Crippen LogP contribution >= 0.6 is 15.9 Å². The second kappa shape index (κ2) is 6.85. The Morgan fingerprint density at radius 2 is 1.89 bits per heavy atom. The average molecular weight is 319 g/mol. The number of aryl methyl sites for hydroxylation is 2. The SMILES string of the molecule is Cc1cc(C(CCc2ccccc2)NN)ccc1Br. The second-order valence-electron chi connectivity index (χ2n) is 4.75. The summed E-state index contributed by atoms with van der Waals surface area (Å²) in [5, 5.41) is 0. The molecular formula is C16H19BrN2. The average Bonchev–Trinajstić information content (AvgIpc) is 2.44. The van der Waals surface area contributed by atoms with Gasteiger partial charge < -0.3 is 0 Å². The minimum atomic E-state index is 0.187. The molecule has 0 saturated carbocycles. The van der Waals surface area contributed by atoms with Crippen LogP contribution in [-0.2, 0) is 6.42 Å². The van der Waals surface area contributed by atoms with Crippen LogP contribution in [-0.4, -0.2) is 0 Å². The van der Waals surface area contributed by atoms with E-state index in [4.69, 9.17) is 5.84 Å². The van der Waals surface area contributed by atoms with Gasteiger partial charge in [0, 0.05) is 10.5 Å². The van der Waals surface area contributed by atoms with Crippen LogP contribution in [0.5, 0.6) is 0 Å². The quantitative estimate of drug-likeness (QED) is 0.648. The molecule has 0 fully saturated rings. The highest BCUT2D eigenvalue weighted by atomic mass is 79.9. The number of hydrazine groups is 1. The van der Waals surface area contributed by atoms with Crippen LogP contribution in [0.15, 0.2) is 53.0 Å². The van der Waals surface area contributed by atoms with Crippen molar-refractivity contribution in [2.75, 3.05) is 0 Å². The van der Waals surface area contributed by atoms with Gasteiger partial charge in [-0.05, 0) is 42.5 Å². The fraction of sp³-hybridized carbons (Fsp3) is 0.250. The molecule has 1 unspecified atom stereocenters. The van der Waals surface area contributed by atoms with Crippen molar-refractivity contribution in [1.82, 2.24) is 5.43 Å². The largest absolute Gasteiger partial charge is 0.271 e. The van der Waals surface area contributed by atoms with Crippen molar-refractivity contribution in [3.8, 4) is 0 Å². The minimum Gasteiger partial charge on any atom is -0.271 e. The topological polar surface area (TPSA) is 38.0 Å². The summed E-state index contributed by atoms with van der Waals surface area (Å²) in [6.45, 7) is 2.10. The van der Waals surface area contributed by atoms with Gasteiger partial charge in [-0.2, -0.15) is 0 Å². The summed E-state index contributed by atoms with van der Waals surface area (Å²) in [4.78, 5) is 0. The molecule has 0 bridgehead atoms. The summed E-state index contributed by atoms with van der Waals surface area (Å²) >= 11 is 3.52. The van der Waals surface area contributed by atoms with E-state index in [1.54, 1.807) is 0 Å². The Balaban J connectivity index is 2.05. The van der Waals surface area contributed by atoms with Crippen molar-refractivity contribution in [3.05, 3.63) is 69.7 Å². The lowest BCUT2D eigenvalue weighted by atomic mass is 9.98. The van der Waals surface area contributed by atoms with Gasteiger partial charge in [0.25, 0.3) is 0 Å². The number of nitrogens with two attached hydrogens (primary N) is 1. The van der Waals surface area contributed by atoms with Crippen LogP contribution < -0.4 is 11.3 Å². The summed E-state index contributed by atoms with van der Waals surface area (Å²) in [6.07, 6.45) is 2.01. The molecule has 0 heterocycles. The maximum atomic E-state index is 5.70. The molecular weight excluding hydrogens is 300 g/mol. The Labute approximate surface area is 123 Å². The molecule has 0 aliphatic rings. The third kappa shape index (κ3) is 3.90. The number of halogens is 1. The molecule has 0 aliphatic heterocycles. The smallest absolute Gasteiger partial charge is 0.0463 e. The first-order chi connectivity index (χ1) is 9.20. The normalized spacial score (nSPS) is 12.4. The summed E-state index contributed by atoms with van der Waals surface area (Å²) in [6, 6.07) is 17.1. The minimum absolute atomic E-state index is 0.187. The molecule has 0 spiro atoms. The summed E-state index contributed by atoms with van der Waals surface area (Å²) < 4.78 is 1.13. The summed E-state index contributed by atoms with van der Waals surface area (Å²) in [7, 11) is 0. The molecule has 3 heteroatoms. The zero-order chi connectivity index (χ0) is 13.7. The third-order valence-electron chi connectivity index (χ3n) is 3.35. The number of hydrogen-bond donors (Lipinski definition) is 2. The lowest BCUT2D eigenvalue weighted by Crippen LogP contribution is -2.28. The lowest BCUT2D eigenvalue weighted by molar-refractivity contribution is 0.516. The predicted octanol–water partition coefficient (Wildman–Crippen LogP) is 3.89. The molecule has 0 saturated heterocycles. The Morgan fingerprint density at radius 1 is 1.16 bits per heavy atom. The van der Waals surface area contributed by atoms with Crippen LogP contribution in [0, 0.1) is 6.92 Å². The predicted molar refractivity (Wildman–Crippen MR) is 83.7 cm³/mol. The maximum absolute atomic E-state index is 5.70. The Hall–Kier alpha value is -1.16.